The fraction of sp³-hybridized carbons (Fsp3) is 0.600. The Labute approximate surface area is 126 Å². The molecule has 0 saturated heterocycles. The van der Waals surface area contributed by atoms with Crippen molar-refractivity contribution in [2.24, 2.45) is 5.92 Å². The first kappa shape index (κ1) is 17.2. The summed E-state index contributed by atoms with van der Waals surface area (Å²) in [6.07, 6.45) is 0. The minimum absolute atomic E-state index is 0.106. The molecule has 1 aromatic carbocycles. The summed E-state index contributed by atoms with van der Waals surface area (Å²) in [6, 6.07) is 5.14. The van der Waals surface area contributed by atoms with E-state index in [9.17, 15) is 10.1 Å². The average Bonchev–Trinajstić information content (AvgIpc) is 2.43. The maximum atomic E-state index is 11.1. The second-order valence-corrected chi connectivity index (χ2v) is 5.36. The molecule has 0 atom stereocenters. The van der Waals surface area contributed by atoms with E-state index in [0.717, 1.165) is 24.5 Å². The number of hydrogen-bond acceptors (Lipinski definition) is 5. The SMILES string of the molecule is CCNc1cc(N(CCOC)CC(C)C)cc([N+](=O)[O-])c1. The largest absolute Gasteiger partial charge is 0.385 e. The fourth-order valence-corrected chi connectivity index (χ4v) is 2.16. The Bertz CT molecular complexity index is 463. The predicted octanol–water partition coefficient (Wildman–Crippen LogP) is 3.14. The van der Waals surface area contributed by atoms with Crippen LogP contribution in [0.5, 0.6) is 0 Å². The predicted molar refractivity (Wildman–Crippen MR) is 86.2 cm³/mol. The number of non-ortho nitro benzene ring substituents is 1. The Morgan fingerprint density at radius 2 is 2.10 bits per heavy atom. The molecule has 0 aromatic heterocycles. The molecular formula is C15H25N3O3. The Hall–Kier alpha value is -1.82. The lowest BCUT2D eigenvalue weighted by Crippen LogP contribution is -2.31. The van der Waals surface area contributed by atoms with Crippen LogP contribution in [-0.2, 0) is 4.74 Å². The summed E-state index contributed by atoms with van der Waals surface area (Å²) >= 11 is 0. The van der Waals surface area contributed by atoms with Crippen LogP contribution in [0.3, 0.4) is 0 Å². The molecule has 0 amide bonds. The highest BCUT2D eigenvalue weighted by Crippen LogP contribution is 2.27. The van der Waals surface area contributed by atoms with Gasteiger partial charge in [0, 0.05) is 50.3 Å². The average molecular weight is 295 g/mol. The van der Waals surface area contributed by atoms with Crippen LogP contribution in [0.2, 0.25) is 0 Å². The first-order valence-corrected chi connectivity index (χ1v) is 7.25. The summed E-state index contributed by atoms with van der Waals surface area (Å²) in [4.78, 5) is 12.9. The Kier molecular flexibility index (Phi) is 6.94. The van der Waals surface area contributed by atoms with Crippen molar-refractivity contribution in [3.8, 4) is 0 Å². The van der Waals surface area contributed by atoms with Crippen molar-refractivity contribution in [1.29, 1.82) is 0 Å². The minimum Gasteiger partial charge on any atom is -0.385 e. The molecule has 1 rings (SSSR count). The van der Waals surface area contributed by atoms with Crippen LogP contribution < -0.4 is 10.2 Å². The van der Waals surface area contributed by atoms with Gasteiger partial charge in [-0.25, -0.2) is 0 Å². The summed E-state index contributed by atoms with van der Waals surface area (Å²) < 4.78 is 5.14. The number of nitro groups is 1. The monoisotopic (exact) mass is 295 g/mol. The normalized spacial score (nSPS) is 10.7. The van der Waals surface area contributed by atoms with Gasteiger partial charge in [0.15, 0.2) is 0 Å². The highest BCUT2D eigenvalue weighted by Gasteiger charge is 2.15. The highest BCUT2D eigenvalue weighted by atomic mass is 16.6. The van der Waals surface area contributed by atoms with Gasteiger partial charge in [0.2, 0.25) is 0 Å². The van der Waals surface area contributed by atoms with E-state index in [1.54, 1.807) is 19.2 Å². The van der Waals surface area contributed by atoms with Gasteiger partial charge in [-0.2, -0.15) is 0 Å². The maximum absolute atomic E-state index is 11.1. The van der Waals surface area contributed by atoms with E-state index in [1.165, 1.54) is 0 Å². The second-order valence-electron chi connectivity index (χ2n) is 5.36. The quantitative estimate of drug-likeness (QED) is 0.560. The molecule has 0 bridgehead atoms. The van der Waals surface area contributed by atoms with Gasteiger partial charge < -0.3 is 15.0 Å². The number of nitrogens with zero attached hydrogens (tertiary/aromatic N) is 2. The van der Waals surface area contributed by atoms with E-state index in [4.69, 9.17) is 4.74 Å². The van der Waals surface area contributed by atoms with Crippen molar-refractivity contribution >= 4 is 17.1 Å². The van der Waals surface area contributed by atoms with Crippen molar-refractivity contribution in [2.75, 3.05) is 43.6 Å². The Morgan fingerprint density at radius 1 is 1.38 bits per heavy atom. The summed E-state index contributed by atoms with van der Waals surface area (Å²) in [5.74, 6) is 0.462. The van der Waals surface area contributed by atoms with Crippen LogP contribution >= 0.6 is 0 Å². The van der Waals surface area contributed by atoms with Gasteiger partial charge in [-0.05, 0) is 18.9 Å². The molecule has 0 aliphatic heterocycles. The van der Waals surface area contributed by atoms with E-state index in [2.05, 4.69) is 24.1 Å². The molecule has 21 heavy (non-hydrogen) atoms. The van der Waals surface area contributed by atoms with E-state index in [-0.39, 0.29) is 10.6 Å². The summed E-state index contributed by atoms with van der Waals surface area (Å²) in [6.45, 7) is 9.08. The molecule has 0 aliphatic rings. The summed E-state index contributed by atoms with van der Waals surface area (Å²) in [7, 11) is 1.66. The third-order valence-electron chi connectivity index (χ3n) is 3.01. The van der Waals surface area contributed by atoms with Gasteiger partial charge in [0.25, 0.3) is 5.69 Å². The number of nitrogens with one attached hydrogen (secondary N) is 1. The number of rotatable bonds is 9. The number of benzene rings is 1. The zero-order valence-corrected chi connectivity index (χ0v) is 13.3. The molecule has 0 spiro atoms. The first-order valence-electron chi connectivity index (χ1n) is 7.25. The van der Waals surface area contributed by atoms with E-state index < -0.39 is 0 Å². The van der Waals surface area contributed by atoms with Crippen molar-refractivity contribution in [2.45, 2.75) is 20.8 Å². The molecule has 6 heteroatoms. The lowest BCUT2D eigenvalue weighted by Gasteiger charge is -2.27. The zero-order chi connectivity index (χ0) is 15.8. The number of hydrogen-bond donors (Lipinski definition) is 1. The lowest BCUT2D eigenvalue weighted by atomic mass is 10.1. The van der Waals surface area contributed by atoms with Gasteiger partial charge in [0.05, 0.1) is 11.5 Å². The summed E-state index contributed by atoms with van der Waals surface area (Å²) in [5, 5.41) is 14.2. The topological polar surface area (TPSA) is 67.6 Å². The van der Waals surface area contributed by atoms with Crippen LogP contribution in [0.25, 0.3) is 0 Å². The summed E-state index contributed by atoms with van der Waals surface area (Å²) in [5.41, 5.74) is 1.73. The standard InChI is InChI=1S/C15H25N3O3/c1-5-16-13-8-14(10-15(9-13)18(19)20)17(6-7-21-4)11-12(2)3/h8-10,12,16H,5-7,11H2,1-4H3. The fourth-order valence-electron chi connectivity index (χ4n) is 2.16. The van der Waals surface area contributed by atoms with Gasteiger partial charge in [-0.3, -0.25) is 10.1 Å². The second kappa shape index (κ2) is 8.46. The van der Waals surface area contributed by atoms with Crippen LogP contribution in [0, 0.1) is 16.0 Å². The molecule has 1 aromatic rings. The smallest absolute Gasteiger partial charge is 0.273 e. The lowest BCUT2D eigenvalue weighted by molar-refractivity contribution is -0.384. The first-order chi connectivity index (χ1) is 9.97. The minimum atomic E-state index is -0.353. The number of methoxy groups -OCH3 is 1. The number of nitro benzene ring substituents is 1. The highest BCUT2D eigenvalue weighted by molar-refractivity contribution is 5.64. The van der Waals surface area contributed by atoms with E-state index in [0.29, 0.717) is 19.1 Å². The van der Waals surface area contributed by atoms with Gasteiger partial charge in [0.1, 0.15) is 0 Å². The molecule has 0 fully saturated rings. The van der Waals surface area contributed by atoms with Crippen molar-refractivity contribution in [3.63, 3.8) is 0 Å². The van der Waals surface area contributed by atoms with E-state index >= 15 is 0 Å². The number of ether oxygens (including phenoxy) is 1. The molecular weight excluding hydrogens is 270 g/mol. The van der Waals surface area contributed by atoms with Crippen molar-refractivity contribution in [3.05, 3.63) is 28.3 Å². The maximum Gasteiger partial charge on any atom is 0.273 e. The Balaban J connectivity index is 3.11. The van der Waals surface area contributed by atoms with Gasteiger partial charge >= 0.3 is 0 Å². The van der Waals surface area contributed by atoms with Crippen LogP contribution in [0.4, 0.5) is 17.1 Å². The molecule has 0 heterocycles. The molecule has 0 aliphatic carbocycles. The molecule has 0 unspecified atom stereocenters. The van der Waals surface area contributed by atoms with Crippen LogP contribution in [-0.4, -0.2) is 38.3 Å². The van der Waals surface area contributed by atoms with Crippen LogP contribution in [0.15, 0.2) is 18.2 Å². The number of anilines is 2. The van der Waals surface area contributed by atoms with E-state index in [1.807, 2.05) is 13.0 Å². The third kappa shape index (κ3) is 5.59. The van der Waals surface area contributed by atoms with Crippen molar-refractivity contribution < 1.29 is 9.66 Å². The molecule has 6 nitrogen and oxygen atoms in total. The third-order valence-corrected chi connectivity index (χ3v) is 3.01. The molecule has 1 N–H and O–H groups in total. The molecule has 0 radical (unpaired) electrons. The molecule has 0 saturated carbocycles. The molecule has 118 valence electrons. The van der Waals surface area contributed by atoms with Crippen LogP contribution in [0.1, 0.15) is 20.8 Å². The zero-order valence-electron chi connectivity index (χ0n) is 13.3. The van der Waals surface area contributed by atoms with Gasteiger partial charge in [-0.1, -0.05) is 13.8 Å². The van der Waals surface area contributed by atoms with Crippen molar-refractivity contribution in [1.82, 2.24) is 0 Å². The van der Waals surface area contributed by atoms with Gasteiger partial charge in [-0.15, -0.1) is 0 Å². The Morgan fingerprint density at radius 3 is 2.62 bits per heavy atom.